The molecule has 0 bridgehead atoms. The molecule has 1 rings (SSSR count). The third kappa shape index (κ3) is 3.80. The van der Waals surface area contributed by atoms with Crippen LogP contribution in [-0.4, -0.2) is 17.7 Å². The lowest BCUT2D eigenvalue weighted by molar-refractivity contribution is -0.136. The van der Waals surface area contributed by atoms with Crippen LogP contribution in [0.4, 0.5) is 13.2 Å². The lowest BCUT2D eigenvalue weighted by Crippen LogP contribution is -2.04. The first kappa shape index (κ1) is 12.4. The molecule has 6 heteroatoms. The maximum absolute atomic E-state index is 13.1. The second kappa shape index (κ2) is 5.39. The molecule has 0 spiro atoms. The van der Waals surface area contributed by atoms with Gasteiger partial charge in [-0.2, -0.15) is 8.78 Å². The normalized spacial score (nSPS) is 10.5. The van der Waals surface area contributed by atoms with Crippen LogP contribution < -0.4 is 4.74 Å². The number of benzene rings is 1. The molecule has 0 saturated heterocycles. The molecule has 0 aliphatic heterocycles. The molecule has 1 aromatic rings. The number of carbonyl (C=O) groups is 1. The molecular formula is C10H9F3O3. The molecule has 0 heterocycles. The number of aryl methyl sites for hydroxylation is 1. The van der Waals surface area contributed by atoms with E-state index >= 15 is 0 Å². The van der Waals surface area contributed by atoms with Gasteiger partial charge in [0.1, 0.15) is 11.6 Å². The van der Waals surface area contributed by atoms with Gasteiger partial charge >= 0.3 is 12.6 Å². The Hall–Kier alpha value is -1.72. The molecule has 0 fully saturated rings. The highest BCUT2D eigenvalue weighted by Gasteiger charge is 2.09. The molecule has 16 heavy (non-hydrogen) atoms. The maximum Gasteiger partial charge on any atom is 0.387 e. The summed E-state index contributed by atoms with van der Waals surface area (Å²) in [6, 6.07) is 3.10. The molecule has 1 aromatic carbocycles. The van der Waals surface area contributed by atoms with Crippen LogP contribution in [0.1, 0.15) is 12.0 Å². The first-order valence-electron chi connectivity index (χ1n) is 4.44. The van der Waals surface area contributed by atoms with Crippen molar-refractivity contribution in [3.8, 4) is 5.75 Å². The maximum atomic E-state index is 13.1. The molecule has 0 aliphatic carbocycles. The minimum absolute atomic E-state index is 0.0422. The lowest BCUT2D eigenvalue weighted by atomic mass is 10.1. The second-order valence-corrected chi connectivity index (χ2v) is 3.03. The van der Waals surface area contributed by atoms with E-state index in [-0.39, 0.29) is 24.2 Å². The van der Waals surface area contributed by atoms with Gasteiger partial charge in [0.05, 0.1) is 0 Å². The zero-order valence-electron chi connectivity index (χ0n) is 8.12. The summed E-state index contributed by atoms with van der Waals surface area (Å²) in [7, 11) is 0. The van der Waals surface area contributed by atoms with E-state index in [4.69, 9.17) is 5.11 Å². The van der Waals surface area contributed by atoms with Gasteiger partial charge in [-0.05, 0) is 30.2 Å². The number of ether oxygens (including phenoxy) is 1. The van der Waals surface area contributed by atoms with Crippen LogP contribution in [0.5, 0.6) is 5.75 Å². The molecule has 3 nitrogen and oxygen atoms in total. The lowest BCUT2D eigenvalue weighted by Gasteiger charge is -2.07. The smallest absolute Gasteiger partial charge is 0.387 e. The van der Waals surface area contributed by atoms with Crippen LogP contribution in [0.25, 0.3) is 0 Å². The van der Waals surface area contributed by atoms with Crippen molar-refractivity contribution in [2.24, 2.45) is 0 Å². The Morgan fingerprint density at radius 2 is 2.12 bits per heavy atom. The van der Waals surface area contributed by atoms with Gasteiger partial charge < -0.3 is 9.84 Å². The van der Waals surface area contributed by atoms with E-state index in [1.54, 1.807) is 0 Å². The zero-order valence-corrected chi connectivity index (χ0v) is 8.12. The second-order valence-electron chi connectivity index (χ2n) is 3.03. The van der Waals surface area contributed by atoms with Crippen LogP contribution in [0.2, 0.25) is 0 Å². The summed E-state index contributed by atoms with van der Waals surface area (Å²) >= 11 is 0. The summed E-state index contributed by atoms with van der Waals surface area (Å²) in [6.45, 7) is -2.99. The Morgan fingerprint density at radius 1 is 1.44 bits per heavy atom. The van der Waals surface area contributed by atoms with Crippen molar-refractivity contribution >= 4 is 5.97 Å². The SMILES string of the molecule is O=C(O)CCc1cc(OC(F)F)ccc1F. The van der Waals surface area contributed by atoms with Crippen molar-refractivity contribution in [1.29, 1.82) is 0 Å². The molecular weight excluding hydrogens is 225 g/mol. The molecule has 0 amide bonds. The number of halogens is 3. The number of rotatable bonds is 5. The molecule has 0 atom stereocenters. The molecule has 1 N–H and O–H groups in total. The highest BCUT2D eigenvalue weighted by atomic mass is 19.3. The molecule has 88 valence electrons. The van der Waals surface area contributed by atoms with E-state index in [1.165, 1.54) is 0 Å². The van der Waals surface area contributed by atoms with E-state index in [0.29, 0.717) is 0 Å². The van der Waals surface area contributed by atoms with E-state index in [0.717, 1.165) is 18.2 Å². The summed E-state index contributed by atoms with van der Waals surface area (Å²) in [6.07, 6.45) is -0.337. The predicted octanol–water partition coefficient (Wildman–Crippen LogP) is 2.44. The third-order valence-electron chi connectivity index (χ3n) is 1.85. The van der Waals surface area contributed by atoms with Gasteiger partial charge in [0.15, 0.2) is 0 Å². The summed E-state index contributed by atoms with van der Waals surface area (Å²) in [4.78, 5) is 10.3. The summed E-state index contributed by atoms with van der Waals surface area (Å²) in [5.41, 5.74) is 0.0422. The average molecular weight is 234 g/mol. The van der Waals surface area contributed by atoms with E-state index in [2.05, 4.69) is 4.74 Å². The van der Waals surface area contributed by atoms with Crippen LogP contribution in [0.3, 0.4) is 0 Å². The van der Waals surface area contributed by atoms with Crippen molar-refractivity contribution in [2.45, 2.75) is 19.5 Å². The van der Waals surface area contributed by atoms with E-state index in [9.17, 15) is 18.0 Å². The van der Waals surface area contributed by atoms with Crippen molar-refractivity contribution in [3.63, 3.8) is 0 Å². The third-order valence-corrected chi connectivity index (χ3v) is 1.85. The van der Waals surface area contributed by atoms with Gasteiger partial charge in [-0.1, -0.05) is 0 Å². The fourth-order valence-corrected chi connectivity index (χ4v) is 1.16. The minimum atomic E-state index is -2.99. The van der Waals surface area contributed by atoms with Crippen LogP contribution in [0, 0.1) is 5.82 Å². The largest absolute Gasteiger partial charge is 0.481 e. The summed E-state index contributed by atoms with van der Waals surface area (Å²) in [5.74, 6) is -1.90. The molecule has 0 radical (unpaired) electrons. The standard InChI is InChI=1S/C10H9F3O3/c11-8-3-2-7(16-10(12)13)5-6(8)1-4-9(14)15/h2-3,5,10H,1,4H2,(H,14,15). The quantitative estimate of drug-likeness (QED) is 0.851. The Balaban J connectivity index is 2.77. The van der Waals surface area contributed by atoms with Gasteiger partial charge in [-0.25, -0.2) is 4.39 Å². The Labute approximate surface area is 89.5 Å². The topological polar surface area (TPSA) is 46.5 Å². The van der Waals surface area contributed by atoms with Gasteiger partial charge in [-0.15, -0.1) is 0 Å². The van der Waals surface area contributed by atoms with E-state index in [1.807, 2.05) is 0 Å². The van der Waals surface area contributed by atoms with Crippen LogP contribution in [0.15, 0.2) is 18.2 Å². The number of hydrogen-bond donors (Lipinski definition) is 1. The Morgan fingerprint density at radius 3 is 2.69 bits per heavy atom. The zero-order chi connectivity index (χ0) is 12.1. The van der Waals surface area contributed by atoms with Crippen molar-refractivity contribution < 1.29 is 27.8 Å². The molecule has 0 unspecified atom stereocenters. The molecule has 0 saturated carbocycles. The highest BCUT2D eigenvalue weighted by Crippen LogP contribution is 2.19. The molecule has 0 aliphatic rings. The summed E-state index contributed by atoms with van der Waals surface area (Å²) < 4.78 is 40.9. The Kier molecular flexibility index (Phi) is 4.16. The minimum Gasteiger partial charge on any atom is -0.481 e. The van der Waals surface area contributed by atoms with Crippen molar-refractivity contribution in [2.75, 3.05) is 0 Å². The number of aliphatic carboxylic acids is 1. The van der Waals surface area contributed by atoms with E-state index < -0.39 is 18.4 Å². The average Bonchev–Trinajstić information content (AvgIpc) is 2.18. The van der Waals surface area contributed by atoms with Crippen molar-refractivity contribution in [1.82, 2.24) is 0 Å². The monoisotopic (exact) mass is 234 g/mol. The molecule has 0 aromatic heterocycles. The Bertz CT molecular complexity index is 380. The van der Waals surface area contributed by atoms with Crippen molar-refractivity contribution in [3.05, 3.63) is 29.6 Å². The summed E-state index contributed by atoms with van der Waals surface area (Å²) in [5, 5.41) is 8.41. The predicted molar refractivity (Wildman–Crippen MR) is 49.0 cm³/mol. The van der Waals surface area contributed by atoms with Crippen LogP contribution in [-0.2, 0) is 11.2 Å². The number of carboxylic acid groups (broad SMARTS) is 1. The number of alkyl halides is 2. The first-order valence-corrected chi connectivity index (χ1v) is 4.44. The highest BCUT2D eigenvalue weighted by molar-refractivity contribution is 5.67. The van der Waals surface area contributed by atoms with Gasteiger partial charge in [0, 0.05) is 6.42 Å². The number of hydrogen-bond acceptors (Lipinski definition) is 2. The fourth-order valence-electron chi connectivity index (χ4n) is 1.16. The van der Waals surface area contributed by atoms with Crippen LogP contribution >= 0.6 is 0 Å². The van der Waals surface area contributed by atoms with Gasteiger partial charge in [0.2, 0.25) is 0 Å². The fraction of sp³-hybridized carbons (Fsp3) is 0.300. The van der Waals surface area contributed by atoms with Gasteiger partial charge in [-0.3, -0.25) is 4.79 Å². The first-order chi connectivity index (χ1) is 7.49. The van der Waals surface area contributed by atoms with Gasteiger partial charge in [0.25, 0.3) is 0 Å². The number of carboxylic acids is 1.